The van der Waals surface area contributed by atoms with Crippen LogP contribution in [0.2, 0.25) is 5.15 Å². The largest absolute Gasteiger partial charge is 1.00 e. The summed E-state index contributed by atoms with van der Waals surface area (Å²) in [7, 11) is -3.68. The van der Waals surface area contributed by atoms with Gasteiger partial charge in [-0.2, -0.15) is 0 Å². The normalized spacial score (nSPS) is 13.8. The molecule has 6 nitrogen and oxygen atoms in total. The Morgan fingerprint density at radius 3 is 2.65 bits per heavy atom. The maximum atomic E-state index is 11.4. The second-order valence-corrected chi connectivity index (χ2v) is 5.64. The van der Waals surface area contributed by atoms with Crippen LogP contribution in [-0.4, -0.2) is 26.4 Å². The van der Waals surface area contributed by atoms with Crippen LogP contribution in [0.4, 0.5) is 0 Å². The SMILES string of the molecule is CP(=O)([O-])c1nccn1-c1ccc(Cl)nn1.[Na+]. The molecule has 2 aromatic rings. The summed E-state index contributed by atoms with van der Waals surface area (Å²) >= 11 is 5.59. The zero-order valence-electron chi connectivity index (χ0n) is 9.24. The van der Waals surface area contributed by atoms with E-state index in [0.717, 1.165) is 6.66 Å². The number of rotatable bonds is 2. The Morgan fingerprint density at radius 1 is 1.41 bits per heavy atom. The van der Waals surface area contributed by atoms with Gasteiger partial charge in [0.25, 0.3) is 0 Å². The van der Waals surface area contributed by atoms with Gasteiger partial charge in [0.2, 0.25) is 0 Å². The van der Waals surface area contributed by atoms with Crippen molar-refractivity contribution in [3.8, 4) is 5.82 Å². The number of hydrogen-bond donors (Lipinski definition) is 0. The molecule has 0 bridgehead atoms. The van der Waals surface area contributed by atoms with Crippen molar-refractivity contribution in [3.05, 3.63) is 29.7 Å². The molecule has 2 heterocycles. The van der Waals surface area contributed by atoms with Gasteiger partial charge in [0.1, 0.15) is 0 Å². The van der Waals surface area contributed by atoms with Gasteiger partial charge < -0.3 is 9.46 Å². The average molecular weight is 281 g/mol. The van der Waals surface area contributed by atoms with Gasteiger partial charge in [-0.05, 0) is 18.8 Å². The monoisotopic (exact) mass is 280 g/mol. The van der Waals surface area contributed by atoms with Crippen LogP contribution >= 0.6 is 19.0 Å². The quantitative estimate of drug-likeness (QED) is 0.439. The molecule has 9 heteroatoms. The molecule has 0 N–H and O–H groups in total. The molecule has 0 aromatic carbocycles. The van der Waals surface area contributed by atoms with Crippen molar-refractivity contribution >= 4 is 24.5 Å². The first-order valence-corrected chi connectivity index (χ1v) is 6.75. The number of halogens is 1. The van der Waals surface area contributed by atoms with Crippen molar-refractivity contribution in [2.75, 3.05) is 6.66 Å². The van der Waals surface area contributed by atoms with E-state index in [-0.39, 0.29) is 40.3 Å². The molecule has 2 rings (SSSR count). The van der Waals surface area contributed by atoms with Crippen molar-refractivity contribution in [2.45, 2.75) is 0 Å². The van der Waals surface area contributed by atoms with Gasteiger partial charge in [-0.25, -0.2) is 4.98 Å². The smallest absolute Gasteiger partial charge is 0.794 e. The first kappa shape index (κ1) is 14.8. The van der Waals surface area contributed by atoms with Crippen LogP contribution < -0.4 is 40.0 Å². The topological polar surface area (TPSA) is 83.7 Å². The van der Waals surface area contributed by atoms with Crippen LogP contribution in [-0.2, 0) is 4.57 Å². The summed E-state index contributed by atoms with van der Waals surface area (Å²) in [6, 6.07) is 3.09. The van der Waals surface area contributed by atoms with Gasteiger partial charge in [-0.3, -0.25) is 4.57 Å². The summed E-state index contributed by atoms with van der Waals surface area (Å²) in [5.74, 6) is 0.356. The Morgan fingerprint density at radius 2 is 2.12 bits per heavy atom. The number of hydrogen-bond acceptors (Lipinski definition) is 5. The van der Waals surface area contributed by atoms with Gasteiger partial charge in [-0.15, -0.1) is 10.2 Å². The third-order valence-corrected chi connectivity index (χ3v) is 3.11. The van der Waals surface area contributed by atoms with Crippen LogP contribution in [0.15, 0.2) is 24.5 Å². The zero-order valence-corrected chi connectivity index (χ0v) is 12.9. The van der Waals surface area contributed by atoms with Crippen molar-refractivity contribution in [1.82, 2.24) is 19.7 Å². The molecule has 0 radical (unpaired) electrons. The number of imidazole rings is 1. The minimum absolute atomic E-state index is 0. The summed E-state index contributed by atoms with van der Waals surface area (Å²) in [5.41, 5.74) is -0.0517. The summed E-state index contributed by atoms with van der Waals surface area (Å²) < 4.78 is 12.8. The second kappa shape index (κ2) is 5.61. The third kappa shape index (κ3) is 3.37. The molecule has 0 aliphatic heterocycles. The first-order valence-electron chi connectivity index (χ1n) is 4.30. The van der Waals surface area contributed by atoms with Crippen molar-refractivity contribution < 1.29 is 39.0 Å². The molecule has 0 spiro atoms. The van der Waals surface area contributed by atoms with E-state index in [1.165, 1.54) is 23.0 Å². The van der Waals surface area contributed by atoms with Gasteiger partial charge in [0, 0.05) is 12.4 Å². The summed E-state index contributed by atoms with van der Waals surface area (Å²) in [6.07, 6.45) is 2.89. The standard InChI is InChI=1S/C8H8ClN4O2P.Na/c1-16(14,15)8-10-4-5-13(8)7-3-2-6(9)11-12-7;/h2-5H,1H3,(H,14,15);/q;+1/p-1. The first-order chi connectivity index (χ1) is 7.48. The van der Waals surface area contributed by atoms with Crippen LogP contribution in [0, 0.1) is 0 Å². The van der Waals surface area contributed by atoms with Crippen LogP contribution in [0.3, 0.4) is 0 Å². The van der Waals surface area contributed by atoms with Crippen LogP contribution in [0.1, 0.15) is 0 Å². The molecule has 0 aliphatic rings. The van der Waals surface area contributed by atoms with Gasteiger partial charge in [0.05, 0.1) is 7.37 Å². The maximum Gasteiger partial charge on any atom is 1.00 e. The molecule has 1 unspecified atom stereocenters. The molecule has 0 aliphatic carbocycles. The molecule has 0 saturated carbocycles. The van der Waals surface area contributed by atoms with E-state index < -0.39 is 7.37 Å². The fourth-order valence-electron chi connectivity index (χ4n) is 1.21. The van der Waals surface area contributed by atoms with E-state index in [1.54, 1.807) is 6.07 Å². The van der Waals surface area contributed by atoms with E-state index in [4.69, 9.17) is 11.6 Å². The summed E-state index contributed by atoms with van der Waals surface area (Å²) in [5, 5.41) is 7.65. The van der Waals surface area contributed by atoms with Crippen molar-refractivity contribution in [3.63, 3.8) is 0 Å². The zero-order chi connectivity index (χ0) is 11.8. The van der Waals surface area contributed by atoms with Gasteiger partial charge >= 0.3 is 29.6 Å². The Kier molecular flexibility index (Phi) is 4.89. The summed E-state index contributed by atoms with van der Waals surface area (Å²) in [6.45, 7) is 1.11. The van der Waals surface area contributed by atoms with E-state index in [0.29, 0.717) is 5.82 Å². The minimum Gasteiger partial charge on any atom is -0.794 e. The molecule has 1 atom stereocenters. The predicted molar refractivity (Wildman–Crippen MR) is 57.3 cm³/mol. The number of nitrogens with zero attached hydrogens (tertiary/aromatic N) is 4. The second-order valence-electron chi connectivity index (χ2n) is 3.16. The number of aromatic nitrogens is 4. The summed E-state index contributed by atoms with van der Waals surface area (Å²) in [4.78, 5) is 15.2. The molecule has 84 valence electrons. The Balaban J connectivity index is 0.00000144. The molecule has 0 fully saturated rings. The van der Waals surface area contributed by atoms with E-state index in [2.05, 4.69) is 15.2 Å². The van der Waals surface area contributed by atoms with Gasteiger partial charge in [0.15, 0.2) is 16.5 Å². The van der Waals surface area contributed by atoms with E-state index in [1.807, 2.05) is 0 Å². The molecule has 0 saturated heterocycles. The van der Waals surface area contributed by atoms with Crippen LogP contribution in [0.25, 0.3) is 5.82 Å². The fraction of sp³-hybridized carbons (Fsp3) is 0.125. The van der Waals surface area contributed by atoms with Crippen molar-refractivity contribution in [2.24, 2.45) is 0 Å². The molecule has 0 amide bonds. The molecular formula is C8H7ClN4NaO2P. The van der Waals surface area contributed by atoms with E-state index in [9.17, 15) is 9.46 Å². The molecule has 17 heavy (non-hydrogen) atoms. The van der Waals surface area contributed by atoms with Crippen LogP contribution in [0.5, 0.6) is 0 Å². The predicted octanol–water partition coefficient (Wildman–Crippen LogP) is -2.79. The van der Waals surface area contributed by atoms with Crippen molar-refractivity contribution in [1.29, 1.82) is 0 Å². The maximum absolute atomic E-state index is 11.4. The average Bonchev–Trinajstić information content (AvgIpc) is 2.66. The Labute approximate surface area is 125 Å². The minimum atomic E-state index is -3.68. The Bertz CT molecular complexity index is 553. The fourth-order valence-corrected chi connectivity index (χ4v) is 2.15. The molecular weight excluding hydrogens is 274 g/mol. The van der Waals surface area contributed by atoms with Gasteiger partial charge in [-0.1, -0.05) is 11.6 Å². The molecule has 2 aromatic heterocycles. The Hall–Kier alpha value is -0.230. The third-order valence-electron chi connectivity index (χ3n) is 1.85. The van der Waals surface area contributed by atoms with E-state index >= 15 is 0 Å².